The molecular weight excluding hydrogens is 586 g/mol. The summed E-state index contributed by atoms with van der Waals surface area (Å²) in [6.45, 7) is -0.181. The number of Topliss-reactive ketones (excluding diaryl/α,β-unsaturated/α-hetero) is 2. The number of aromatic amines is 2. The average Bonchev–Trinajstić information content (AvgIpc) is 3.53. The SMILES string of the molecule is CO.COC(=O)C(=O)c1c[nH]c2ncccc12.O=C([O-])C(=O)c1c[nH]c2ncccc12.O=CO[O-].[K+].[K+].[K]. The average molecular weight is 604 g/mol. The van der Waals surface area contributed by atoms with Crippen molar-refractivity contribution in [3.8, 4) is 0 Å². The number of esters is 1. The van der Waals surface area contributed by atoms with Crippen molar-refractivity contribution >= 4 is 103 Å². The summed E-state index contributed by atoms with van der Waals surface area (Å²) in [5.74, 6) is -4.30. The second-order valence-electron chi connectivity index (χ2n) is 5.83. The Balaban J connectivity index is -0.000000503. The molecule has 4 heterocycles. The number of nitrogens with one attached hydrogen (secondary N) is 2. The van der Waals surface area contributed by atoms with Crippen LogP contribution in [-0.4, -0.2) is 121 Å². The minimum absolute atomic E-state index is 0. The van der Waals surface area contributed by atoms with Crippen molar-refractivity contribution in [2.24, 2.45) is 0 Å². The van der Waals surface area contributed by atoms with Crippen LogP contribution in [0.4, 0.5) is 0 Å². The van der Waals surface area contributed by atoms with Gasteiger partial charge in [0.15, 0.2) is 0 Å². The Bertz CT molecular complexity index is 1330. The van der Waals surface area contributed by atoms with Crippen LogP contribution in [-0.2, 0) is 24.0 Å². The number of ether oxygens (including phenoxy) is 1. The Hall–Kier alpha value is -0.0409. The number of carbonyl (C=O) groups is 5. The minimum Gasteiger partial charge on any atom is -0.662 e. The van der Waals surface area contributed by atoms with Gasteiger partial charge in [0.2, 0.25) is 5.78 Å². The molecule has 4 rings (SSSR count). The van der Waals surface area contributed by atoms with Gasteiger partial charge in [0.05, 0.1) is 18.2 Å². The predicted molar refractivity (Wildman–Crippen MR) is 119 cm³/mol. The molecule has 0 amide bonds. The third-order valence-electron chi connectivity index (χ3n) is 3.99. The number of nitrogens with zero attached hydrogens (tertiary/aromatic N) is 2. The van der Waals surface area contributed by atoms with Crippen molar-refractivity contribution in [2.45, 2.75) is 0 Å². The van der Waals surface area contributed by atoms with Crippen molar-refractivity contribution in [3.63, 3.8) is 0 Å². The molecule has 0 fully saturated rings. The number of methoxy groups -OCH3 is 1. The van der Waals surface area contributed by atoms with Gasteiger partial charge in [0.1, 0.15) is 17.3 Å². The molecule has 17 heteroatoms. The number of aliphatic hydroxyl groups is 1. The molecule has 4 aromatic heterocycles. The fourth-order valence-electron chi connectivity index (χ4n) is 2.60. The van der Waals surface area contributed by atoms with E-state index in [9.17, 15) is 24.3 Å². The summed E-state index contributed by atoms with van der Waals surface area (Å²) in [4.78, 5) is 68.7. The van der Waals surface area contributed by atoms with E-state index in [4.69, 9.17) is 15.2 Å². The Labute approximate surface area is 342 Å². The number of rotatable bonds is 5. The molecule has 0 aromatic carbocycles. The van der Waals surface area contributed by atoms with Crippen LogP contribution in [0.3, 0.4) is 0 Å². The molecule has 3 N–H and O–H groups in total. The van der Waals surface area contributed by atoms with Crippen molar-refractivity contribution in [1.29, 1.82) is 0 Å². The molecular formula is C21H18K3N4O10. The summed E-state index contributed by atoms with van der Waals surface area (Å²) >= 11 is 0. The third-order valence-corrected chi connectivity index (χ3v) is 3.99. The first-order valence-electron chi connectivity index (χ1n) is 9.25. The first-order valence-corrected chi connectivity index (χ1v) is 9.25. The van der Waals surface area contributed by atoms with Crippen LogP contribution in [0.1, 0.15) is 20.7 Å². The molecule has 0 aliphatic heterocycles. The predicted octanol–water partition coefficient (Wildman–Crippen LogP) is -7.92. The van der Waals surface area contributed by atoms with E-state index in [1.807, 2.05) is 0 Å². The Kier molecular flexibility index (Phi) is 26.4. The zero-order valence-corrected chi connectivity index (χ0v) is 30.6. The third kappa shape index (κ3) is 12.6. The molecule has 0 aliphatic rings. The topological polar surface area (TPSA) is 228 Å². The van der Waals surface area contributed by atoms with Crippen LogP contribution in [0.5, 0.6) is 0 Å². The molecule has 0 unspecified atom stereocenters. The number of carbonyl (C=O) groups excluding carboxylic acids is 5. The van der Waals surface area contributed by atoms with Gasteiger partial charge in [-0.3, -0.25) is 14.4 Å². The van der Waals surface area contributed by atoms with Crippen LogP contribution in [0.15, 0.2) is 49.1 Å². The summed E-state index contributed by atoms with van der Waals surface area (Å²) < 4.78 is 4.36. The second kappa shape index (κ2) is 23.6. The van der Waals surface area contributed by atoms with Gasteiger partial charge in [-0.1, -0.05) is 0 Å². The molecule has 38 heavy (non-hydrogen) atoms. The number of pyridine rings is 2. The number of aromatic nitrogens is 4. The van der Waals surface area contributed by atoms with Crippen LogP contribution in [0.2, 0.25) is 0 Å². The summed E-state index contributed by atoms with van der Waals surface area (Å²) in [6, 6.07) is 6.66. The Morgan fingerprint density at radius 1 is 0.895 bits per heavy atom. The molecule has 0 spiro atoms. The van der Waals surface area contributed by atoms with Crippen LogP contribution >= 0.6 is 0 Å². The molecule has 14 nitrogen and oxygen atoms in total. The number of carboxylic acid groups (broad SMARTS) is 1. The zero-order valence-electron chi connectivity index (χ0n) is 21.2. The molecule has 4 aromatic rings. The van der Waals surface area contributed by atoms with Gasteiger partial charge in [0, 0.05) is 94.1 Å². The number of carboxylic acids is 1. The van der Waals surface area contributed by atoms with Crippen LogP contribution < -0.4 is 113 Å². The fourth-order valence-corrected chi connectivity index (χ4v) is 2.60. The number of hydrogen-bond acceptors (Lipinski definition) is 12. The van der Waals surface area contributed by atoms with Crippen molar-refractivity contribution in [2.75, 3.05) is 14.2 Å². The summed E-state index contributed by atoms with van der Waals surface area (Å²) in [5.41, 5.74) is 1.42. The fraction of sp³-hybridized carbons (Fsp3) is 0.0952. The summed E-state index contributed by atoms with van der Waals surface area (Å²) in [7, 11) is 2.17. The van der Waals surface area contributed by atoms with E-state index in [1.165, 1.54) is 19.5 Å². The monoisotopic (exact) mass is 603 g/mol. The smallest absolute Gasteiger partial charge is 0.662 e. The van der Waals surface area contributed by atoms with E-state index in [0.717, 1.165) is 7.11 Å². The first-order chi connectivity index (χ1) is 16.8. The Morgan fingerprint density at radius 3 is 1.63 bits per heavy atom. The zero-order chi connectivity index (χ0) is 26.4. The van der Waals surface area contributed by atoms with E-state index in [1.54, 1.807) is 36.7 Å². The molecule has 0 saturated heterocycles. The molecule has 0 aliphatic carbocycles. The first kappa shape index (κ1) is 42.4. The van der Waals surface area contributed by atoms with Crippen LogP contribution in [0, 0.1) is 0 Å². The number of ketones is 2. The molecule has 1 radical (unpaired) electrons. The number of hydrogen-bond donors (Lipinski definition) is 3. The second-order valence-corrected chi connectivity index (χ2v) is 5.83. The van der Waals surface area contributed by atoms with Gasteiger partial charge in [-0.05, 0) is 24.3 Å². The maximum Gasteiger partial charge on any atom is 1.00 e. The van der Waals surface area contributed by atoms with Gasteiger partial charge >= 0.3 is 109 Å². The summed E-state index contributed by atoms with van der Waals surface area (Å²) in [6.07, 6.45) is 5.92. The van der Waals surface area contributed by atoms with Gasteiger partial charge in [-0.25, -0.2) is 14.8 Å². The maximum absolute atomic E-state index is 11.5. The van der Waals surface area contributed by atoms with E-state index in [2.05, 4.69) is 29.6 Å². The van der Waals surface area contributed by atoms with Gasteiger partial charge in [-0.2, -0.15) is 0 Å². The van der Waals surface area contributed by atoms with E-state index in [0.29, 0.717) is 22.1 Å². The molecule has 0 atom stereocenters. The Morgan fingerprint density at radius 2 is 1.29 bits per heavy atom. The van der Waals surface area contributed by atoms with Crippen molar-refractivity contribution < 1.29 is 152 Å². The quantitative estimate of drug-likeness (QED) is 0.0368. The van der Waals surface area contributed by atoms with Crippen LogP contribution in [0.25, 0.3) is 22.1 Å². The van der Waals surface area contributed by atoms with Gasteiger partial charge in [-0.15, -0.1) is 0 Å². The number of aliphatic carboxylic acids is 1. The van der Waals surface area contributed by atoms with Gasteiger partial charge in [0.25, 0.3) is 12.3 Å². The van der Waals surface area contributed by atoms with Crippen molar-refractivity contribution in [3.05, 3.63) is 60.2 Å². The van der Waals surface area contributed by atoms with E-state index >= 15 is 0 Å². The van der Waals surface area contributed by atoms with Gasteiger partial charge < -0.3 is 39.9 Å². The molecule has 0 saturated carbocycles. The number of aliphatic hydroxyl groups excluding tert-OH is 1. The summed E-state index contributed by atoms with van der Waals surface area (Å²) in [5, 5.41) is 26.9. The van der Waals surface area contributed by atoms with E-state index < -0.39 is 23.5 Å². The van der Waals surface area contributed by atoms with E-state index in [-0.39, 0.29) is 172 Å². The molecule has 0 bridgehead atoms. The minimum atomic E-state index is -1.71. The number of fused-ring (bicyclic) bond motifs is 2. The van der Waals surface area contributed by atoms with Crippen molar-refractivity contribution in [1.82, 2.24) is 19.9 Å². The molecule has 185 valence electrons. The normalized spacial score (nSPS) is 8.53. The largest absolute Gasteiger partial charge is 1.00 e. The maximum atomic E-state index is 11.5. The number of H-pyrrole nitrogens is 2. The standard InChI is InChI=1S/C10H8N2O3.C9H6N2O3.CH2O3.CH4O.3K/c1-15-10(14)8(13)7-5-12-9-6(7)3-2-4-11-9;12-7(9(13)14)6-4-11-8-5(6)2-1-3-10-8;2-1-4-3;1-2;;;/h2-5H,1H3,(H,11,12);1-4H,(H,10,11)(H,13,14);1,3H;2H,1H3;;;/q;;;;;2*+1/p-2.